The van der Waals surface area contributed by atoms with Gasteiger partial charge in [0.1, 0.15) is 0 Å². The number of carbonyl (C=O) groups is 2. The summed E-state index contributed by atoms with van der Waals surface area (Å²) in [7, 11) is 0. The van der Waals surface area contributed by atoms with Crippen LogP contribution in [-0.4, -0.2) is 18.4 Å². The van der Waals surface area contributed by atoms with Crippen molar-refractivity contribution in [2.45, 2.75) is 26.7 Å². The summed E-state index contributed by atoms with van der Waals surface area (Å²) in [5.74, 6) is -0.163. The van der Waals surface area contributed by atoms with E-state index in [2.05, 4.69) is 16.0 Å². The van der Waals surface area contributed by atoms with Gasteiger partial charge >= 0.3 is 0 Å². The van der Waals surface area contributed by atoms with Crippen molar-refractivity contribution in [2.24, 2.45) is 0 Å². The molecule has 3 N–H and O–H groups in total. The zero-order chi connectivity index (χ0) is 21.3. The molecule has 0 atom stereocenters. The lowest BCUT2D eigenvalue weighted by molar-refractivity contribution is -0.116. The molecule has 5 heteroatoms. The minimum Gasteiger partial charge on any atom is -0.376 e. The van der Waals surface area contributed by atoms with E-state index >= 15 is 0 Å². The molecule has 0 heterocycles. The summed E-state index contributed by atoms with van der Waals surface area (Å²) in [6, 6.07) is 23.0. The molecule has 0 aliphatic rings. The number of carbonyl (C=O) groups excluding carboxylic acids is 2. The lowest BCUT2D eigenvalue weighted by atomic mass is 10.1. The van der Waals surface area contributed by atoms with Crippen molar-refractivity contribution in [1.29, 1.82) is 0 Å². The van der Waals surface area contributed by atoms with Crippen molar-refractivity contribution >= 4 is 28.9 Å². The van der Waals surface area contributed by atoms with Crippen LogP contribution in [0.15, 0.2) is 72.8 Å². The molecule has 5 nitrogen and oxygen atoms in total. The molecule has 3 aromatic rings. The van der Waals surface area contributed by atoms with Gasteiger partial charge in [0, 0.05) is 23.5 Å². The fourth-order valence-electron chi connectivity index (χ4n) is 3.09. The number of anilines is 3. The van der Waals surface area contributed by atoms with E-state index < -0.39 is 0 Å². The normalized spacial score (nSPS) is 10.3. The number of nitrogens with one attached hydrogen (secondary N) is 3. The average Bonchev–Trinajstić information content (AvgIpc) is 2.75. The largest absolute Gasteiger partial charge is 0.376 e. The van der Waals surface area contributed by atoms with Gasteiger partial charge in [0.15, 0.2) is 0 Å². The third-order valence-corrected chi connectivity index (χ3v) is 4.98. The lowest BCUT2D eigenvalue weighted by Gasteiger charge is -2.12. The van der Waals surface area contributed by atoms with Crippen LogP contribution in [0.25, 0.3) is 0 Å². The zero-order valence-corrected chi connectivity index (χ0v) is 17.4. The van der Waals surface area contributed by atoms with Crippen molar-refractivity contribution in [2.75, 3.05) is 22.5 Å². The number of hydrogen-bond acceptors (Lipinski definition) is 3. The van der Waals surface area contributed by atoms with E-state index in [-0.39, 0.29) is 18.4 Å². The molecule has 30 heavy (non-hydrogen) atoms. The van der Waals surface area contributed by atoms with Gasteiger partial charge < -0.3 is 16.0 Å². The van der Waals surface area contributed by atoms with E-state index in [4.69, 9.17) is 0 Å². The molecule has 3 rings (SSSR count). The molecule has 154 valence electrons. The molecule has 0 aromatic heterocycles. The summed E-state index contributed by atoms with van der Waals surface area (Å²) in [4.78, 5) is 24.4. The number of rotatable bonds is 8. The molecule has 0 fully saturated rings. The topological polar surface area (TPSA) is 70.2 Å². The molecule has 0 aliphatic heterocycles. The molecular weight excluding hydrogens is 374 g/mol. The Kier molecular flexibility index (Phi) is 7.22. The summed E-state index contributed by atoms with van der Waals surface area (Å²) in [5, 5.41) is 8.92. The Morgan fingerprint density at radius 2 is 1.37 bits per heavy atom. The van der Waals surface area contributed by atoms with Crippen LogP contribution in [0, 0.1) is 13.8 Å². The van der Waals surface area contributed by atoms with Gasteiger partial charge in [-0.1, -0.05) is 42.5 Å². The Morgan fingerprint density at radius 1 is 0.733 bits per heavy atom. The molecule has 2 amide bonds. The first-order valence-corrected chi connectivity index (χ1v) is 10.0. The van der Waals surface area contributed by atoms with E-state index in [1.807, 2.05) is 62.4 Å². The maximum atomic E-state index is 12.2. The van der Waals surface area contributed by atoms with Crippen molar-refractivity contribution in [3.05, 3.63) is 89.5 Å². The Bertz CT molecular complexity index is 999. The van der Waals surface area contributed by atoms with Crippen LogP contribution in [0.5, 0.6) is 0 Å². The number of hydrogen-bond donors (Lipinski definition) is 3. The molecule has 0 bridgehead atoms. The summed E-state index contributed by atoms with van der Waals surface area (Å²) in [6.45, 7) is 4.26. The molecule has 0 unspecified atom stereocenters. The summed E-state index contributed by atoms with van der Waals surface area (Å²) < 4.78 is 0. The maximum Gasteiger partial charge on any atom is 0.243 e. The fraction of sp³-hybridized carbons (Fsp3) is 0.200. The highest BCUT2D eigenvalue weighted by atomic mass is 16.2. The van der Waals surface area contributed by atoms with Gasteiger partial charge in [-0.25, -0.2) is 0 Å². The van der Waals surface area contributed by atoms with E-state index in [1.54, 1.807) is 24.3 Å². The predicted molar refractivity (Wildman–Crippen MR) is 123 cm³/mol. The highest BCUT2D eigenvalue weighted by molar-refractivity contribution is 5.95. The standard InChI is InChI=1S/C25H27N3O2/c1-18-7-6-10-23(19(18)2)26-17-25(30)28-22-14-12-21(13-15-22)27-24(29)16-11-20-8-4-3-5-9-20/h3-10,12-15,26H,11,16-17H2,1-2H3,(H,27,29)(H,28,30). The van der Waals surface area contributed by atoms with Crippen LogP contribution in [-0.2, 0) is 16.0 Å². The van der Waals surface area contributed by atoms with Gasteiger partial charge in [-0.05, 0) is 67.3 Å². The summed E-state index contributed by atoms with van der Waals surface area (Å²) >= 11 is 0. The van der Waals surface area contributed by atoms with Gasteiger partial charge in [0.25, 0.3) is 0 Å². The second-order valence-electron chi connectivity index (χ2n) is 7.26. The van der Waals surface area contributed by atoms with Crippen LogP contribution < -0.4 is 16.0 Å². The second-order valence-corrected chi connectivity index (χ2v) is 7.26. The Morgan fingerprint density at radius 3 is 2.03 bits per heavy atom. The van der Waals surface area contributed by atoms with Gasteiger partial charge in [-0.3, -0.25) is 9.59 Å². The van der Waals surface area contributed by atoms with E-state index in [0.29, 0.717) is 24.2 Å². The number of amides is 2. The smallest absolute Gasteiger partial charge is 0.243 e. The molecule has 3 aromatic carbocycles. The molecule has 0 radical (unpaired) electrons. The van der Waals surface area contributed by atoms with Crippen LogP contribution in [0.2, 0.25) is 0 Å². The Labute approximate surface area is 177 Å². The van der Waals surface area contributed by atoms with Gasteiger partial charge in [0.05, 0.1) is 6.54 Å². The van der Waals surface area contributed by atoms with Crippen molar-refractivity contribution in [3.63, 3.8) is 0 Å². The first-order chi connectivity index (χ1) is 14.5. The number of benzene rings is 3. The van der Waals surface area contributed by atoms with Gasteiger partial charge in [-0.15, -0.1) is 0 Å². The zero-order valence-electron chi connectivity index (χ0n) is 17.4. The highest BCUT2D eigenvalue weighted by Crippen LogP contribution is 2.18. The minimum atomic E-state index is -0.129. The van der Waals surface area contributed by atoms with Crippen LogP contribution >= 0.6 is 0 Å². The predicted octanol–water partition coefficient (Wildman–Crippen LogP) is 4.93. The minimum absolute atomic E-state index is 0.0339. The van der Waals surface area contributed by atoms with Crippen molar-refractivity contribution in [1.82, 2.24) is 0 Å². The van der Waals surface area contributed by atoms with Crippen LogP contribution in [0.3, 0.4) is 0 Å². The molecule has 0 aliphatic carbocycles. The monoisotopic (exact) mass is 401 g/mol. The SMILES string of the molecule is Cc1cccc(NCC(=O)Nc2ccc(NC(=O)CCc3ccccc3)cc2)c1C. The average molecular weight is 402 g/mol. The summed E-state index contributed by atoms with van der Waals surface area (Å²) in [5.41, 5.74) is 5.81. The van der Waals surface area contributed by atoms with Crippen LogP contribution in [0.4, 0.5) is 17.1 Å². The Balaban J connectivity index is 1.45. The third kappa shape index (κ3) is 6.21. The Hall–Kier alpha value is -3.60. The molecule has 0 spiro atoms. The van der Waals surface area contributed by atoms with Crippen LogP contribution in [0.1, 0.15) is 23.1 Å². The van der Waals surface area contributed by atoms with Gasteiger partial charge in [0.2, 0.25) is 11.8 Å². The summed E-state index contributed by atoms with van der Waals surface area (Å²) in [6.07, 6.45) is 1.13. The van der Waals surface area contributed by atoms with Crippen molar-refractivity contribution in [3.8, 4) is 0 Å². The maximum absolute atomic E-state index is 12.2. The highest BCUT2D eigenvalue weighted by Gasteiger charge is 2.06. The second kappa shape index (κ2) is 10.3. The molecule has 0 saturated heterocycles. The number of aryl methyl sites for hydroxylation is 2. The molecular formula is C25H27N3O2. The first kappa shape index (κ1) is 21.1. The third-order valence-electron chi connectivity index (χ3n) is 4.98. The van der Waals surface area contributed by atoms with E-state index in [1.165, 1.54) is 5.56 Å². The quantitative estimate of drug-likeness (QED) is 0.501. The fourth-order valence-corrected chi connectivity index (χ4v) is 3.09. The van der Waals surface area contributed by atoms with Gasteiger partial charge in [-0.2, -0.15) is 0 Å². The first-order valence-electron chi connectivity index (χ1n) is 10.0. The van der Waals surface area contributed by atoms with E-state index in [0.717, 1.165) is 16.8 Å². The lowest BCUT2D eigenvalue weighted by Crippen LogP contribution is -2.22. The van der Waals surface area contributed by atoms with Crippen molar-refractivity contribution < 1.29 is 9.59 Å². The molecule has 0 saturated carbocycles. The van der Waals surface area contributed by atoms with E-state index in [9.17, 15) is 9.59 Å².